The number of hydrogen-bond donors (Lipinski definition) is 0. The molecule has 0 aromatic heterocycles. The van der Waals surface area contributed by atoms with Gasteiger partial charge in [-0.05, 0) is 48.3 Å². The van der Waals surface area contributed by atoms with Crippen LogP contribution in [0, 0.1) is 23.7 Å². The third-order valence-electron chi connectivity index (χ3n) is 5.14. The molecule has 0 bridgehead atoms. The number of benzene rings is 1. The second-order valence-corrected chi connectivity index (χ2v) is 7.66. The van der Waals surface area contributed by atoms with E-state index in [1.54, 1.807) is 0 Å². The molecule has 0 radical (unpaired) electrons. The molecule has 0 saturated heterocycles. The first-order valence-electron chi connectivity index (χ1n) is 7.77. The van der Waals surface area contributed by atoms with Crippen LogP contribution in [0.1, 0.15) is 36.6 Å². The Hall–Kier alpha value is -0.700. The van der Waals surface area contributed by atoms with Crippen molar-refractivity contribution in [3.63, 3.8) is 0 Å². The first-order valence-corrected chi connectivity index (χ1v) is 8.69. The molecule has 4 rings (SSSR count). The fourth-order valence-electron chi connectivity index (χ4n) is 3.97. The van der Waals surface area contributed by atoms with Gasteiger partial charge in [-0.15, -0.1) is 0 Å². The van der Waals surface area contributed by atoms with Gasteiger partial charge in [0, 0.05) is 10.7 Å². The monoisotopic (exact) mass is 336 g/mol. The Labute approximate surface area is 129 Å². The van der Waals surface area contributed by atoms with Crippen molar-refractivity contribution in [2.75, 3.05) is 13.2 Å². The van der Waals surface area contributed by atoms with Crippen molar-refractivity contribution >= 4 is 15.9 Å². The van der Waals surface area contributed by atoms with E-state index in [-0.39, 0.29) is 0 Å². The zero-order valence-corrected chi connectivity index (χ0v) is 13.4. The van der Waals surface area contributed by atoms with Crippen molar-refractivity contribution in [3.8, 4) is 11.5 Å². The van der Waals surface area contributed by atoms with Crippen molar-refractivity contribution in [1.82, 2.24) is 0 Å². The van der Waals surface area contributed by atoms with E-state index in [1.807, 2.05) is 0 Å². The normalized spacial score (nSPS) is 36.1. The van der Waals surface area contributed by atoms with E-state index in [0.717, 1.165) is 42.5 Å². The van der Waals surface area contributed by atoms with Crippen LogP contribution in [0.5, 0.6) is 11.5 Å². The predicted octanol–water partition coefficient (Wildman–Crippen LogP) is 4.58. The van der Waals surface area contributed by atoms with Crippen molar-refractivity contribution in [2.45, 2.75) is 31.0 Å². The Bertz CT molecular complexity index is 506. The molecule has 2 fully saturated rings. The minimum Gasteiger partial charge on any atom is -0.489 e. The van der Waals surface area contributed by atoms with Gasteiger partial charge in [0.1, 0.15) is 0 Å². The van der Waals surface area contributed by atoms with Crippen LogP contribution < -0.4 is 9.47 Å². The van der Waals surface area contributed by atoms with Crippen LogP contribution in [-0.4, -0.2) is 13.2 Å². The highest BCUT2D eigenvalue weighted by atomic mass is 79.9. The van der Waals surface area contributed by atoms with Crippen LogP contribution in [-0.2, 0) is 0 Å². The van der Waals surface area contributed by atoms with Gasteiger partial charge in [0.05, 0.1) is 13.2 Å². The number of rotatable bonds is 2. The fourth-order valence-corrected chi connectivity index (χ4v) is 5.04. The van der Waals surface area contributed by atoms with Gasteiger partial charge in [-0.1, -0.05) is 35.3 Å². The highest BCUT2D eigenvalue weighted by Crippen LogP contribution is 2.64. The molecule has 4 atom stereocenters. The van der Waals surface area contributed by atoms with Gasteiger partial charge in [-0.2, -0.15) is 0 Å². The molecule has 20 heavy (non-hydrogen) atoms. The molecule has 1 aliphatic heterocycles. The Morgan fingerprint density at radius 2 is 1.80 bits per heavy atom. The summed E-state index contributed by atoms with van der Waals surface area (Å²) < 4.78 is 11.7. The summed E-state index contributed by atoms with van der Waals surface area (Å²) in [5, 5.41) is 0. The minimum absolute atomic E-state index is 0.452. The number of halogens is 1. The highest BCUT2D eigenvalue weighted by Gasteiger charge is 2.55. The van der Waals surface area contributed by atoms with Crippen LogP contribution in [0.15, 0.2) is 18.2 Å². The molecule has 1 heterocycles. The quantitative estimate of drug-likeness (QED) is 0.736. The van der Waals surface area contributed by atoms with E-state index in [1.165, 1.54) is 24.8 Å². The lowest BCUT2D eigenvalue weighted by Gasteiger charge is -2.15. The summed E-state index contributed by atoms with van der Waals surface area (Å²) >= 11 is 3.93. The number of hydrogen-bond acceptors (Lipinski definition) is 2. The Morgan fingerprint density at radius 1 is 1.10 bits per heavy atom. The summed E-state index contributed by atoms with van der Waals surface area (Å²) in [6.07, 6.45) is 4.30. The van der Waals surface area contributed by atoms with Crippen LogP contribution in [0.3, 0.4) is 0 Å². The molecule has 2 aliphatic carbocycles. The topological polar surface area (TPSA) is 18.5 Å². The average molecular weight is 337 g/mol. The van der Waals surface area contributed by atoms with Crippen LogP contribution in [0.4, 0.5) is 0 Å². The third kappa shape index (κ3) is 2.14. The fraction of sp³-hybridized carbons (Fsp3) is 0.647. The van der Waals surface area contributed by atoms with Gasteiger partial charge in [0.25, 0.3) is 0 Å². The maximum absolute atomic E-state index is 5.90. The molecule has 1 aromatic rings. The molecule has 4 unspecified atom stereocenters. The van der Waals surface area contributed by atoms with Gasteiger partial charge in [0.2, 0.25) is 0 Å². The summed E-state index contributed by atoms with van der Waals surface area (Å²) in [7, 11) is 0. The molecular formula is C17H21BrO2. The van der Waals surface area contributed by atoms with E-state index >= 15 is 0 Å². The lowest BCUT2D eigenvalue weighted by Crippen LogP contribution is -2.12. The Morgan fingerprint density at radius 3 is 2.55 bits per heavy atom. The van der Waals surface area contributed by atoms with E-state index in [9.17, 15) is 0 Å². The standard InChI is InChI=1S/C17H21BrO2/c1-10-8-19-14-6-5-11(7-15(14)20-9-10)17(18)16-12-3-2-4-13(12)16/h5-7,10,12-13,16-17H,2-4,8-9H2,1H3. The molecule has 3 heteroatoms. The molecule has 108 valence electrons. The molecule has 2 saturated carbocycles. The maximum atomic E-state index is 5.90. The van der Waals surface area contributed by atoms with E-state index in [0.29, 0.717) is 10.7 Å². The van der Waals surface area contributed by atoms with E-state index < -0.39 is 0 Å². The van der Waals surface area contributed by atoms with Gasteiger partial charge in [-0.25, -0.2) is 0 Å². The molecule has 0 spiro atoms. The lowest BCUT2D eigenvalue weighted by atomic mass is 10.0. The Kier molecular flexibility index (Phi) is 3.21. The van der Waals surface area contributed by atoms with Crippen LogP contribution in [0.25, 0.3) is 0 Å². The SMILES string of the molecule is CC1COc2ccc(C(Br)C3C4CCCC43)cc2OC1. The summed E-state index contributed by atoms with van der Waals surface area (Å²) in [5.74, 6) is 5.04. The molecule has 0 amide bonds. The highest BCUT2D eigenvalue weighted by molar-refractivity contribution is 9.09. The Balaban J connectivity index is 1.55. The van der Waals surface area contributed by atoms with E-state index in [2.05, 4.69) is 41.1 Å². The summed E-state index contributed by atoms with van der Waals surface area (Å²) in [6.45, 7) is 3.65. The molecular weight excluding hydrogens is 316 g/mol. The summed E-state index contributed by atoms with van der Waals surface area (Å²) in [4.78, 5) is 0.479. The largest absolute Gasteiger partial charge is 0.489 e. The number of fused-ring (bicyclic) bond motifs is 2. The van der Waals surface area contributed by atoms with Crippen LogP contribution in [0.2, 0.25) is 0 Å². The predicted molar refractivity (Wildman–Crippen MR) is 82.6 cm³/mol. The van der Waals surface area contributed by atoms with Gasteiger partial charge in [-0.3, -0.25) is 0 Å². The van der Waals surface area contributed by atoms with Crippen LogP contribution >= 0.6 is 15.9 Å². The smallest absolute Gasteiger partial charge is 0.161 e. The van der Waals surface area contributed by atoms with E-state index in [4.69, 9.17) is 9.47 Å². The summed E-state index contributed by atoms with van der Waals surface area (Å²) in [6, 6.07) is 6.46. The number of ether oxygens (including phenoxy) is 2. The van der Waals surface area contributed by atoms with Gasteiger partial charge < -0.3 is 9.47 Å². The van der Waals surface area contributed by atoms with Crippen molar-refractivity contribution < 1.29 is 9.47 Å². The molecule has 1 aromatic carbocycles. The molecule has 0 N–H and O–H groups in total. The first-order chi connectivity index (χ1) is 9.74. The van der Waals surface area contributed by atoms with Gasteiger partial charge >= 0.3 is 0 Å². The average Bonchev–Trinajstić information content (AvgIpc) is 3.02. The zero-order valence-electron chi connectivity index (χ0n) is 11.8. The second-order valence-electron chi connectivity index (χ2n) is 6.67. The lowest BCUT2D eigenvalue weighted by molar-refractivity contribution is 0.228. The summed E-state index contributed by atoms with van der Waals surface area (Å²) in [5.41, 5.74) is 1.35. The van der Waals surface area contributed by atoms with Crippen molar-refractivity contribution in [2.24, 2.45) is 23.7 Å². The zero-order chi connectivity index (χ0) is 13.7. The minimum atomic E-state index is 0.452. The molecule has 3 aliphatic rings. The van der Waals surface area contributed by atoms with Crippen molar-refractivity contribution in [1.29, 1.82) is 0 Å². The molecule has 2 nitrogen and oxygen atoms in total. The maximum Gasteiger partial charge on any atom is 0.161 e. The first kappa shape index (κ1) is 13.0. The third-order valence-corrected chi connectivity index (χ3v) is 6.28. The van der Waals surface area contributed by atoms with Crippen molar-refractivity contribution in [3.05, 3.63) is 23.8 Å². The second kappa shape index (κ2) is 4.94. The van der Waals surface area contributed by atoms with Gasteiger partial charge in [0.15, 0.2) is 11.5 Å². The number of alkyl halides is 1.